The van der Waals surface area contributed by atoms with Gasteiger partial charge in [0.05, 0.1) is 17.5 Å². The van der Waals surface area contributed by atoms with Gasteiger partial charge in [0.15, 0.2) is 34.7 Å². The van der Waals surface area contributed by atoms with Gasteiger partial charge in [-0.2, -0.15) is 0 Å². The molecule has 0 bridgehead atoms. The molecule has 4 fully saturated rings. The number of amides is 1. The van der Waals surface area contributed by atoms with Crippen LogP contribution in [-0.4, -0.2) is 87.9 Å². The van der Waals surface area contributed by atoms with E-state index in [1.165, 1.54) is 43.6 Å². The quantitative estimate of drug-likeness (QED) is 0.386. The molecule has 1 amide bonds. The largest absolute Gasteiger partial charge is 0.507 e. The van der Waals surface area contributed by atoms with E-state index in [2.05, 4.69) is 4.90 Å². The van der Waals surface area contributed by atoms with Gasteiger partial charge in [-0.1, -0.05) is 19.9 Å². The van der Waals surface area contributed by atoms with E-state index >= 15 is 0 Å². The van der Waals surface area contributed by atoms with Crippen LogP contribution in [0.25, 0.3) is 0 Å². The van der Waals surface area contributed by atoms with Crippen LogP contribution in [0.1, 0.15) is 67.4 Å². The van der Waals surface area contributed by atoms with Crippen molar-refractivity contribution in [1.29, 1.82) is 0 Å². The number of phenolic OH excluding ortho intramolecular Hbond substituents is 1. The number of aliphatic hydroxyl groups is 1. The fraction of sp³-hybridized carbons (Fsp3) is 0.656. The van der Waals surface area contributed by atoms with Crippen LogP contribution >= 0.6 is 0 Å². The van der Waals surface area contributed by atoms with E-state index in [4.69, 9.17) is 5.73 Å². The zero-order valence-electron chi connectivity index (χ0n) is 24.8. The highest BCUT2D eigenvalue weighted by molar-refractivity contribution is 6.33. The third-order valence-corrected chi connectivity index (χ3v) is 10.8. The number of nitrogens with zero attached hydrogens (tertiary/aromatic N) is 2. The van der Waals surface area contributed by atoms with Crippen LogP contribution in [0.5, 0.6) is 5.75 Å². The highest BCUT2D eigenvalue weighted by atomic mass is 16.3. The Bertz CT molecular complexity index is 1400. The number of phenols is 1. The van der Waals surface area contributed by atoms with E-state index in [1.54, 1.807) is 21.0 Å². The van der Waals surface area contributed by atoms with Crippen molar-refractivity contribution < 1.29 is 34.2 Å². The summed E-state index contributed by atoms with van der Waals surface area (Å²) in [6.45, 7) is 5.92. The van der Waals surface area contributed by atoms with Crippen molar-refractivity contribution in [2.45, 2.75) is 70.6 Å². The second kappa shape index (κ2) is 9.53. The molecule has 10 heteroatoms. The lowest BCUT2D eigenvalue weighted by atomic mass is 9.42. The number of Topliss-reactive ketones (excluding diaryl/α,β-unsaturated/α-hetero) is 4. The van der Waals surface area contributed by atoms with Crippen LogP contribution in [0, 0.1) is 34.5 Å². The smallest absolute Gasteiger partial charge is 0.235 e. The highest BCUT2D eigenvalue weighted by Gasteiger charge is 2.76. The molecule has 10 nitrogen and oxygen atoms in total. The van der Waals surface area contributed by atoms with Gasteiger partial charge in [0.1, 0.15) is 5.75 Å². The van der Waals surface area contributed by atoms with Crippen LogP contribution in [0.4, 0.5) is 0 Å². The molecule has 0 aromatic heterocycles. The molecule has 0 radical (unpaired) electrons. The molecule has 5 aliphatic carbocycles. The first-order valence-corrected chi connectivity index (χ1v) is 15.0. The fourth-order valence-corrected chi connectivity index (χ4v) is 8.70. The Kier molecular flexibility index (Phi) is 6.61. The summed E-state index contributed by atoms with van der Waals surface area (Å²) < 4.78 is 0. The van der Waals surface area contributed by atoms with Crippen molar-refractivity contribution in [3.05, 3.63) is 28.8 Å². The number of aromatic hydroxyl groups is 1. The fourth-order valence-electron chi connectivity index (χ4n) is 8.70. The number of carbonyl (C=O) groups excluding carboxylic acids is 5. The lowest BCUT2D eigenvalue weighted by Crippen LogP contribution is -2.79. The number of primary amides is 1. The summed E-state index contributed by atoms with van der Waals surface area (Å²) >= 11 is 0. The Morgan fingerprint density at radius 2 is 1.60 bits per heavy atom. The number of fused-ring (bicyclic) bond motifs is 3. The molecular weight excluding hydrogens is 538 g/mol. The van der Waals surface area contributed by atoms with E-state index in [-0.39, 0.29) is 24.2 Å². The zero-order valence-corrected chi connectivity index (χ0v) is 24.8. The summed E-state index contributed by atoms with van der Waals surface area (Å²) in [6, 6.07) is 2.17. The van der Waals surface area contributed by atoms with Gasteiger partial charge < -0.3 is 15.9 Å². The lowest BCUT2D eigenvalue weighted by molar-refractivity contribution is -0.203. The second-order valence-corrected chi connectivity index (χ2v) is 14.4. The number of hydrogen-bond donors (Lipinski definition) is 3. The molecule has 4 N–H and O–H groups in total. The summed E-state index contributed by atoms with van der Waals surface area (Å²) in [5.41, 5.74) is 1.64. The first-order chi connectivity index (χ1) is 19.6. The predicted molar refractivity (Wildman–Crippen MR) is 151 cm³/mol. The van der Waals surface area contributed by atoms with Gasteiger partial charge >= 0.3 is 0 Å². The molecule has 2 unspecified atom stereocenters. The average molecular weight is 580 g/mol. The molecule has 226 valence electrons. The van der Waals surface area contributed by atoms with Gasteiger partial charge in [-0.25, -0.2) is 0 Å². The number of likely N-dealkylation sites (N-methyl/N-ethyl adjacent to an activating group) is 1. The summed E-state index contributed by atoms with van der Waals surface area (Å²) in [6.07, 6.45) is 5.13. The average Bonchev–Trinajstić information content (AvgIpc) is 3.80. The number of carbonyl (C=O) groups is 5. The highest BCUT2D eigenvalue weighted by Crippen LogP contribution is 2.61. The summed E-state index contributed by atoms with van der Waals surface area (Å²) in [7, 11) is 3.18. The molecule has 0 spiro atoms. The van der Waals surface area contributed by atoms with Crippen LogP contribution in [0.2, 0.25) is 0 Å². The minimum absolute atomic E-state index is 0.00709. The van der Waals surface area contributed by atoms with Gasteiger partial charge in [0, 0.05) is 25.0 Å². The van der Waals surface area contributed by atoms with Gasteiger partial charge in [-0.05, 0) is 87.1 Å². The van der Waals surface area contributed by atoms with Gasteiger partial charge in [-0.3, -0.25) is 33.8 Å². The molecule has 0 heterocycles. The third kappa shape index (κ3) is 4.12. The van der Waals surface area contributed by atoms with Crippen molar-refractivity contribution >= 4 is 29.0 Å². The van der Waals surface area contributed by atoms with Gasteiger partial charge in [0.2, 0.25) is 5.91 Å². The zero-order chi connectivity index (χ0) is 30.5. The minimum atomic E-state index is -2.79. The van der Waals surface area contributed by atoms with Crippen molar-refractivity contribution in [3.8, 4) is 5.75 Å². The number of benzene rings is 1. The SMILES string of the molecule is CN(C)[C@@H]1C(=O)C(C(N)=O)C(=O)[C@@]2(O)C(=O)C3C(=O)c4c(O)ccc(CN(CC5CC5)CC5CC5)c4C[C@@]3(C)C[C@@]12C. The number of hydrogen-bond acceptors (Lipinski definition) is 9. The van der Waals surface area contributed by atoms with Crippen LogP contribution in [0.3, 0.4) is 0 Å². The Balaban J connectivity index is 1.45. The van der Waals surface area contributed by atoms with E-state index in [1.807, 2.05) is 6.07 Å². The van der Waals surface area contributed by atoms with Crippen molar-refractivity contribution in [2.24, 2.45) is 40.2 Å². The van der Waals surface area contributed by atoms with Crippen LogP contribution in [0.15, 0.2) is 12.1 Å². The minimum Gasteiger partial charge on any atom is -0.507 e. The number of rotatable bonds is 8. The second-order valence-electron chi connectivity index (χ2n) is 14.4. The standard InChI is InChI=1S/C32H41N3O7/c1-30-11-19-18(14-35(12-16-5-6-16)13-17-7-8-17)9-10-20(36)21(19)24(37)23(30)28(40)32(42)27(39)22(29(33)41)25(38)26(34(3)4)31(32,2)15-30/h9-10,16-17,22-23,26,36,42H,5-8,11-15H2,1-4H3,(H2,33,41)/t22?,23?,26-,30+,31+,32-/m1/s1. The summed E-state index contributed by atoms with van der Waals surface area (Å²) in [4.78, 5) is 72.1. The molecule has 1 aromatic carbocycles. The van der Waals surface area contributed by atoms with Gasteiger partial charge in [0.25, 0.3) is 0 Å². The van der Waals surface area contributed by atoms with Crippen LogP contribution < -0.4 is 5.73 Å². The maximum atomic E-state index is 14.4. The third-order valence-electron chi connectivity index (χ3n) is 10.8. The van der Waals surface area contributed by atoms with Crippen LogP contribution in [-0.2, 0) is 32.1 Å². The molecular formula is C32H41N3O7. The molecule has 1 aromatic rings. The van der Waals surface area contributed by atoms with E-state index in [0.717, 1.165) is 18.7 Å². The molecule has 6 atom stereocenters. The van der Waals surface area contributed by atoms with Gasteiger partial charge in [-0.15, -0.1) is 0 Å². The van der Waals surface area contributed by atoms with E-state index in [0.29, 0.717) is 23.9 Å². The maximum Gasteiger partial charge on any atom is 0.235 e. The van der Waals surface area contributed by atoms with E-state index < -0.39 is 63.3 Å². The van der Waals surface area contributed by atoms with Crippen molar-refractivity contribution in [1.82, 2.24) is 9.80 Å². The summed E-state index contributed by atoms with van der Waals surface area (Å²) in [5, 5.41) is 23.0. The molecule has 6 rings (SSSR count). The molecule has 42 heavy (non-hydrogen) atoms. The Hall–Kier alpha value is -2.95. The molecule has 5 aliphatic rings. The Labute approximate surface area is 245 Å². The van der Waals surface area contributed by atoms with Crippen molar-refractivity contribution in [3.63, 3.8) is 0 Å². The number of nitrogens with two attached hydrogens (primary N) is 1. The normalized spacial score (nSPS) is 36.2. The first kappa shape index (κ1) is 29.1. The lowest BCUT2D eigenvalue weighted by Gasteiger charge is -2.61. The Morgan fingerprint density at radius 3 is 2.12 bits per heavy atom. The molecule has 4 saturated carbocycles. The first-order valence-electron chi connectivity index (χ1n) is 15.0. The van der Waals surface area contributed by atoms with Crippen molar-refractivity contribution in [2.75, 3.05) is 27.2 Å². The molecule has 0 saturated heterocycles. The molecule has 0 aliphatic heterocycles. The Morgan fingerprint density at radius 1 is 1.00 bits per heavy atom. The number of ketones is 4. The van der Waals surface area contributed by atoms with E-state index in [9.17, 15) is 34.2 Å². The predicted octanol–water partition coefficient (Wildman–Crippen LogP) is 1.27. The summed E-state index contributed by atoms with van der Waals surface area (Å²) in [5.74, 6) is -7.24. The maximum absolute atomic E-state index is 14.4. The monoisotopic (exact) mass is 579 g/mol. The topological polar surface area (TPSA) is 158 Å².